The van der Waals surface area contributed by atoms with Gasteiger partial charge in [-0.25, -0.2) is 0 Å². The van der Waals surface area contributed by atoms with Gasteiger partial charge in [0.2, 0.25) is 0 Å². The molecule has 0 aromatic rings. The predicted octanol–water partition coefficient (Wildman–Crippen LogP) is 2.74. The van der Waals surface area contributed by atoms with Crippen molar-refractivity contribution in [3.8, 4) is 0 Å². The van der Waals surface area contributed by atoms with Crippen LogP contribution in [0.5, 0.6) is 0 Å². The second-order valence-corrected chi connectivity index (χ2v) is 5.94. The second-order valence-electron chi connectivity index (χ2n) is 5.94. The van der Waals surface area contributed by atoms with Gasteiger partial charge in [-0.1, -0.05) is 19.3 Å². The fraction of sp³-hybridized carbons (Fsp3) is 1.00. The highest BCUT2D eigenvalue weighted by atomic mass is 16.5. The van der Waals surface area contributed by atoms with Gasteiger partial charge in [-0.15, -0.1) is 0 Å². The Labute approximate surface area is 112 Å². The van der Waals surface area contributed by atoms with Crippen LogP contribution in [0, 0.1) is 5.92 Å². The first-order chi connectivity index (χ1) is 8.84. The summed E-state index contributed by atoms with van der Waals surface area (Å²) in [4.78, 5) is 0. The molecule has 1 unspecified atom stereocenters. The standard InChI is InChI=1S/C15H29NO2/c1-13(11-16-15-5-3-2-4-6-15)18-12-14-7-9-17-10-8-14/h13-16H,2-12H2,1H3. The van der Waals surface area contributed by atoms with Crippen LogP contribution in [0.2, 0.25) is 0 Å². The first-order valence-corrected chi connectivity index (χ1v) is 7.77. The van der Waals surface area contributed by atoms with Gasteiger partial charge < -0.3 is 14.8 Å². The smallest absolute Gasteiger partial charge is 0.0671 e. The zero-order chi connectivity index (χ0) is 12.6. The third-order valence-electron chi connectivity index (χ3n) is 4.26. The summed E-state index contributed by atoms with van der Waals surface area (Å²) in [5.74, 6) is 0.718. The van der Waals surface area contributed by atoms with Crippen LogP contribution in [-0.2, 0) is 9.47 Å². The molecule has 2 rings (SSSR count). The van der Waals surface area contributed by atoms with Crippen molar-refractivity contribution in [3.05, 3.63) is 0 Å². The largest absolute Gasteiger partial charge is 0.381 e. The highest BCUT2D eigenvalue weighted by molar-refractivity contribution is 4.73. The summed E-state index contributed by atoms with van der Waals surface area (Å²) in [6.07, 6.45) is 9.61. The lowest BCUT2D eigenvalue weighted by Crippen LogP contribution is -2.37. The highest BCUT2D eigenvalue weighted by Crippen LogP contribution is 2.18. The molecule has 0 bridgehead atoms. The van der Waals surface area contributed by atoms with Gasteiger partial charge in [0, 0.05) is 32.4 Å². The normalized spacial score (nSPS) is 25.2. The van der Waals surface area contributed by atoms with Crippen molar-refractivity contribution in [2.24, 2.45) is 5.92 Å². The summed E-state index contributed by atoms with van der Waals surface area (Å²) in [6, 6.07) is 0.743. The van der Waals surface area contributed by atoms with Gasteiger partial charge in [-0.05, 0) is 38.5 Å². The molecule has 1 aliphatic carbocycles. The monoisotopic (exact) mass is 255 g/mol. The average molecular weight is 255 g/mol. The molecule has 18 heavy (non-hydrogen) atoms. The summed E-state index contributed by atoms with van der Waals surface area (Å²) in [6.45, 7) is 5.95. The third-order valence-corrected chi connectivity index (χ3v) is 4.26. The van der Waals surface area contributed by atoms with E-state index >= 15 is 0 Å². The van der Waals surface area contributed by atoms with Crippen LogP contribution in [0.25, 0.3) is 0 Å². The molecule has 1 atom stereocenters. The van der Waals surface area contributed by atoms with Crippen molar-refractivity contribution in [1.29, 1.82) is 0 Å². The minimum Gasteiger partial charge on any atom is -0.381 e. The fourth-order valence-corrected chi connectivity index (χ4v) is 2.91. The molecule has 1 aliphatic heterocycles. The van der Waals surface area contributed by atoms with Gasteiger partial charge in [0.05, 0.1) is 6.10 Å². The lowest BCUT2D eigenvalue weighted by molar-refractivity contribution is -0.00530. The number of ether oxygens (including phenoxy) is 2. The summed E-state index contributed by atoms with van der Waals surface area (Å²) in [5, 5.41) is 3.66. The predicted molar refractivity (Wildman–Crippen MR) is 73.8 cm³/mol. The van der Waals surface area contributed by atoms with Gasteiger partial charge in [-0.2, -0.15) is 0 Å². The summed E-state index contributed by atoms with van der Waals surface area (Å²) < 4.78 is 11.3. The number of nitrogens with one attached hydrogen (secondary N) is 1. The van der Waals surface area contributed by atoms with E-state index in [2.05, 4.69) is 12.2 Å². The number of rotatable bonds is 6. The maximum atomic E-state index is 5.95. The Morgan fingerprint density at radius 3 is 2.56 bits per heavy atom. The summed E-state index contributed by atoms with van der Waals surface area (Å²) >= 11 is 0. The minimum atomic E-state index is 0.342. The van der Waals surface area contributed by atoms with Gasteiger partial charge in [-0.3, -0.25) is 0 Å². The van der Waals surface area contributed by atoms with Gasteiger partial charge in [0.15, 0.2) is 0 Å². The van der Waals surface area contributed by atoms with Crippen molar-refractivity contribution >= 4 is 0 Å². The van der Waals surface area contributed by atoms with Crippen molar-refractivity contribution < 1.29 is 9.47 Å². The zero-order valence-corrected chi connectivity index (χ0v) is 11.8. The van der Waals surface area contributed by atoms with Gasteiger partial charge >= 0.3 is 0 Å². The molecule has 1 N–H and O–H groups in total. The SMILES string of the molecule is CC(CNC1CCCCC1)OCC1CCOCC1. The molecule has 0 aromatic carbocycles. The van der Waals surface area contributed by atoms with E-state index < -0.39 is 0 Å². The van der Waals surface area contributed by atoms with Crippen LogP contribution in [0.3, 0.4) is 0 Å². The van der Waals surface area contributed by atoms with E-state index in [0.717, 1.165) is 38.3 Å². The highest BCUT2D eigenvalue weighted by Gasteiger charge is 2.17. The van der Waals surface area contributed by atoms with Gasteiger partial charge in [0.25, 0.3) is 0 Å². The Morgan fingerprint density at radius 2 is 1.83 bits per heavy atom. The Kier molecular flexibility index (Phi) is 6.46. The number of hydrogen-bond donors (Lipinski definition) is 1. The van der Waals surface area contributed by atoms with E-state index in [1.165, 1.54) is 44.9 Å². The molecule has 106 valence electrons. The van der Waals surface area contributed by atoms with Crippen LogP contribution in [0.1, 0.15) is 51.9 Å². The number of hydrogen-bond acceptors (Lipinski definition) is 3. The Bertz CT molecular complexity index is 189. The van der Waals surface area contributed by atoms with Crippen LogP contribution in [0.15, 0.2) is 0 Å². The third kappa shape index (κ3) is 5.25. The molecule has 0 aromatic heterocycles. The average Bonchev–Trinajstić information content (AvgIpc) is 2.45. The fourth-order valence-electron chi connectivity index (χ4n) is 2.91. The maximum Gasteiger partial charge on any atom is 0.0671 e. The molecule has 0 amide bonds. The maximum absolute atomic E-state index is 5.95. The van der Waals surface area contributed by atoms with Crippen molar-refractivity contribution in [2.45, 2.75) is 64.0 Å². The first kappa shape index (κ1) is 14.3. The lowest BCUT2D eigenvalue weighted by Gasteiger charge is -2.26. The van der Waals surface area contributed by atoms with E-state index in [1.807, 2.05) is 0 Å². The summed E-state index contributed by atoms with van der Waals surface area (Å²) in [7, 11) is 0. The molecule has 1 saturated carbocycles. The van der Waals surface area contributed by atoms with E-state index in [4.69, 9.17) is 9.47 Å². The molecular weight excluding hydrogens is 226 g/mol. The van der Waals surface area contributed by atoms with Crippen molar-refractivity contribution in [1.82, 2.24) is 5.32 Å². The van der Waals surface area contributed by atoms with Crippen LogP contribution in [-0.4, -0.2) is 38.5 Å². The minimum absolute atomic E-state index is 0.342. The Balaban J connectivity index is 1.52. The Morgan fingerprint density at radius 1 is 1.11 bits per heavy atom. The lowest BCUT2D eigenvalue weighted by atomic mass is 9.95. The first-order valence-electron chi connectivity index (χ1n) is 7.77. The molecule has 2 fully saturated rings. The van der Waals surface area contributed by atoms with E-state index in [1.54, 1.807) is 0 Å². The van der Waals surface area contributed by atoms with E-state index in [9.17, 15) is 0 Å². The molecule has 1 heterocycles. The molecule has 2 aliphatic rings. The van der Waals surface area contributed by atoms with Crippen molar-refractivity contribution in [2.75, 3.05) is 26.4 Å². The quantitative estimate of drug-likeness (QED) is 0.791. The molecule has 0 radical (unpaired) electrons. The Hall–Kier alpha value is -0.120. The van der Waals surface area contributed by atoms with Crippen LogP contribution in [0.4, 0.5) is 0 Å². The van der Waals surface area contributed by atoms with Gasteiger partial charge in [0.1, 0.15) is 0 Å². The molecule has 1 saturated heterocycles. The molecule has 0 spiro atoms. The van der Waals surface area contributed by atoms with Crippen LogP contribution < -0.4 is 5.32 Å². The van der Waals surface area contributed by atoms with E-state index in [-0.39, 0.29) is 0 Å². The zero-order valence-electron chi connectivity index (χ0n) is 11.8. The topological polar surface area (TPSA) is 30.5 Å². The molecule has 3 heteroatoms. The second kappa shape index (κ2) is 8.13. The summed E-state index contributed by atoms with van der Waals surface area (Å²) in [5.41, 5.74) is 0. The van der Waals surface area contributed by atoms with E-state index in [0.29, 0.717) is 6.10 Å². The van der Waals surface area contributed by atoms with Crippen LogP contribution >= 0.6 is 0 Å². The molecular formula is C15H29NO2. The molecule has 3 nitrogen and oxygen atoms in total. The van der Waals surface area contributed by atoms with Crippen molar-refractivity contribution in [3.63, 3.8) is 0 Å².